The summed E-state index contributed by atoms with van der Waals surface area (Å²) in [6.45, 7) is 3.22. The molecule has 0 radical (unpaired) electrons. The van der Waals surface area contributed by atoms with Crippen LogP contribution in [0.25, 0.3) is 0 Å². The minimum atomic E-state index is -0.390. The second kappa shape index (κ2) is 16.9. The van der Waals surface area contributed by atoms with E-state index in [0.717, 1.165) is 60.0 Å². The van der Waals surface area contributed by atoms with E-state index >= 15 is 0 Å². The Morgan fingerprint density at radius 3 is 2.69 bits per heavy atom. The van der Waals surface area contributed by atoms with Gasteiger partial charge in [0.15, 0.2) is 17.3 Å². The monoisotopic (exact) mass is 648 g/mol. The number of carbonyl (C=O) groups is 1. The van der Waals surface area contributed by atoms with Gasteiger partial charge in [0, 0.05) is 43.3 Å². The first-order chi connectivity index (χ1) is 23.3. The second-order valence-electron chi connectivity index (χ2n) is 12.5. The first kappa shape index (κ1) is 34.7. The number of fused-ring (bicyclic) bond motifs is 1. The average Bonchev–Trinajstić information content (AvgIpc) is 3.64. The number of benzene rings is 3. The maximum absolute atomic E-state index is 13.3. The van der Waals surface area contributed by atoms with Crippen LogP contribution in [0.4, 0.5) is 0 Å². The first-order valence-electron chi connectivity index (χ1n) is 17.0. The number of ether oxygens (including phenoxy) is 1. The van der Waals surface area contributed by atoms with E-state index in [1.807, 2.05) is 36.4 Å². The highest BCUT2D eigenvalue weighted by molar-refractivity contribution is 5.89. The van der Waals surface area contributed by atoms with Crippen LogP contribution in [-0.2, 0) is 24.1 Å². The van der Waals surface area contributed by atoms with Crippen LogP contribution >= 0.6 is 0 Å². The van der Waals surface area contributed by atoms with Crippen LogP contribution in [0.15, 0.2) is 95.3 Å². The number of hydrogen-bond acceptors (Lipinski definition) is 8. The first-order valence-corrected chi connectivity index (χ1v) is 17.0. The molecule has 2 aliphatic rings. The van der Waals surface area contributed by atoms with Gasteiger partial charge in [0.2, 0.25) is 0 Å². The van der Waals surface area contributed by atoms with Gasteiger partial charge in [-0.2, -0.15) is 0 Å². The van der Waals surface area contributed by atoms with Crippen LogP contribution in [-0.4, -0.2) is 35.4 Å². The van der Waals surface area contributed by atoms with Crippen molar-refractivity contribution in [2.24, 2.45) is 10.7 Å². The number of aromatic hydroxyl groups is 2. The van der Waals surface area contributed by atoms with E-state index in [1.54, 1.807) is 42.8 Å². The van der Waals surface area contributed by atoms with E-state index in [1.165, 1.54) is 6.42 Å². The van der Waals surface area contributed by atoms with Crippen LogP contribution in [0.2, 0.25) is 0 Å². The third-order valence-corrected chi connectivity index (χ3v) is 9.01. The molecule has 3 aromatic rings. The number of ketones is 1. The number of phenols is 2. The fraction of sp³-hybridized carbons (Fsp3) is 0.350. The van der Waals surface area contributed by atoms with Gasteiger partial charge in [0.25, 0.3) is 0 Å². The minimum Gasteiger partial charge on any atom is -0.875 e. The third-order valence-electron chi connectivity index (χ3n) is 9.01. The number of aryl methyl sites for hydroxylation is 1. The van der Waals surface area contributed by atoms with Gasteiger partial charge in [-0.15, -0.1) is 5.76 Å². The summed E-state index contributed by atoms with van der Waals surface area (Å²) in [5.74, 6) is 0.163. The number of carbonyl (C=O) groups excluding carboxylic acids is 1. The zero-order valence-electron chi connectivity index (χ0n) is 27.7. The number of nitrogens with zero attached hydrogens (tertiary/aromatic N) is 1. The molecule has 2 aliphatic heterocycles. The number of unbranched alkanes of at least 4 members (excludes halogenated alkanes) is 3. The number of rotatable bonds is 16. The van der Waals surface area contributed by atoms with Gasteiger partial charge >= 0.3 is 0 Å². The molecule has 0 saturated carbocycles. The highest BCUT2D eigenvalue weighted by Gasteiger charge is 2.23. The van der Waals surface area contributed by atoms with E-state index < -0.39 is 0 Å². The topological polar surface area (TPSA) is 140 Å². The Hall–Kier alpha value is -4.66. The van der Waals surface area contributed by atoms with Crippen molar-refractivity contribution in [1.29, 1.82) is 0 Å². The average molecular weight is 649 g/mol. The second-order valence-corrected chi connectivity index (χ2v) is 12.5. The fourth-order valence-corrected chi connectivity index (χ4v) is 6.22. The zero-order chi connectivity index (χ0) is 33.9. The van der Waals surface area contributed by atoms with Crippen LogP contribution < -0.4 is 20.9 Å². The molecule has 48 heavy (non-hydrogen) atoms. The van der Waals surface area contributed by atoms with Crippen molar-refractivity contribution in [3.8, 4) is 17.2 Å². The summed E-state index contributed by atoms with van der Waals surface area (Å²) in [6.07, 6.45) is 15.1. The van der Waals surface area contributed by atoms with E-state index in [4.69, 9.17) is 10.5 Å². The summed E-state index contributed by atoms with van der Waals surface area (Å²) in [6, 6.07) is 16.8. The number of allylic oxidation sites excluding steroid dienone is 5. The normalized spacial score (nSPS) is 17.1. The minimum absolute atomic E-state index is 0.0372. The van der Waals surface area contributed by atoms with Gasteiger partial charge in [0.1, 0.15) is 5.75 Å². The molecular weight excluding hydrogens is 602 g/mol. The van der Waals surface area contributed by atoms with E-state index in [2.05, 4.69) is 23.3 Å². The summed E-state index contributed by atoms with van der Waals surface area (Å²) in [7, 11) is 0. The molecule has 5 N–H and O–H groups in total. The van der Waals surface area contributed by atoms with Gasteiger partial charge in [-0.05, 0) is 95.8 Å². The Morgan fingerprint density at radius 2 is 1.90 bits per heavy atom. The maximum atomic E-state index is 13.3. The highest BCUT2D eigenvalue weighted by Crippen LogP contribution is 2.38. The molecule has 0 spiro atoms. The molecule has 5 rings (SSSR count). The van der Waals surface area contributed by atoms with Crippen molar-refractivity contribution in [3.05, 3.63) is 124 Å². The molecule has 8 heteroatoms. The van der Waals surface area contributed by atoms with Crippen LogP contribution in [0.3, 0.4) is 0 Å². The summed E-state index contributed by atoms with van der Waals surface area (Å²) < 4.78 is 6.00. The Kier molecular flexibility index (Phi) is 12.2. The van der Waals surface area contributed by atoms with E-state index in [0.29, 0.717) is 36.1 Å². The molecule has 0 fully saturated rings. The lowest BCUT2D eigenvalue weighted by atomic mass is 9.83. The maximum Gasteiger partial charge on any atom is 0.161 e. The molecular formula is C40H46N3O5-. The molecule has 0 aromatic heterocycles. The summed E-state index contributed by atoms with van der Waals surface area (Å²) in [4.78, 5) is 16.4. The van der Waals surface area contributed by atoms with Crippen LogP contribution in [0.5, 0.6) is 17.2 Å². The summed E-state index contributed by atoms with van der Waals surface area (Å²) >= 11 is 0. The lowest BCUT2D eigenvalue weighted by Crippen LogP contribution is -2.35. The van der Waals surface area contributed by atoms with Gasteiger partial charge in [-0.3, -0.25) is 15.1 Å². The van der Waals surface area contributed by atoms with Crippen LogP contribution in [0, 0.1) is 0 Å². The summed E-state index contributed by atoms with van der Waals surface area (Å²) in [5, 5.41) is 38.2. The largest absolute Gasteiger partial charge is 0.875 e. The quantitative estimate of drug-likeness (QED) is 0.0824. The van der Waals surface area contributed by atoms with Crippen molar-refractivity contribution >= 4 is 12.0 Å². The van der Waals surface area contributed by atoms with Gasteiger partial charge in [-0.1, -0.05) is 62.2 Å². The molecule has 252 valence electrons. The number of phenolic OH excluding ortho intramolecular Hbond substituents is 2. The van der Waals surface area contributed by atoms with E-state index in [9.17, 15) is 20.1 Å². The Morgan fingerprint density at radius 1 is 1.08 bits per heavy atom. The van der Waals surface area contributed by atoms with Crippen molar-refractivity contribution < 1.29 is 24.9 Å². The van der Waals surface area contributed by atoms with Gasteiger partial charge in [0.05, 0.1) is 12.8 Å². The standard InChI is InChI=1S/C40H47N3O5/c1-2-3-4-5-6-7-32(44)12-8-27-10-15-37(46)39(23-27)48-21-18-28-9-14-36(45)35(22-28)34(25-38(47)31-16-19-42-26-31)29-11-13-33-30(24-29)17-20-43-40(33)41/h6-7,9-11,13-16,19,22-24,26,34,40,43,45-47H,2-5,8,12,17-18,20-21,25,41H2,1H3/p-1. The molecule has 0 amide bonds. The number of aliphatic imine (C=N–C) groups is 1. The zero-order valence-corrected chi connectivity index (χ0v) is 27.7. The molecule has 0 saturated heterocycles. The Labute approximate surface area is 283 Å². The molecule has 0 aliphatic carbocycles. The van der Waals surface area contributed by atoms with Crippen LogP contribution in [0.1, 0.15) is 90.9 Å². The highest BCUT2D eigenvalue weighted by atomic mass is 16.5. The number of nitrogens with one attached hydrogen (secondary N) is 1. The fourth-order valence-electron chi connectivity index (χ4n) is 6.22. The molecule has 2 unspecified atom stereocenters. The Bertz CT molecular complexity index is 1690. The van der Waals surface area contributed by atoms with Crippen molar-refractivity contribution in [2.75, 3.05) is 13.2 Å². The molecule has 8 nitrogen and oxygen atoms in total. The molecule has 3 aromatic carbocycles. The van der Waals surface area contributed by atoms with Crippen molar-refractivity contribution in [3.63, 3.8) is 0 Å². The van der Waals surface area contributed by atoms with Gasteiger partial charge in [-0.25, -0.2) is 0 Å². The third kappa shape index (κ3) is 9.24. The van der Waals surface area contributed by atoms with Crippen molar-refractivity contribution in [2.45, 2.75) is 76.8 Å². The van der Waals surface area contributed by atoms with Gasteiger partial charge < -0.3 is 25.8 Å². The predicted molar refractivity (Wildman–Crippen MR) is 188 cm³/mol. The van der Waals surface area contributed by atoms with E-state index in [-0.39, 0.29) is 48.2 Å². The number of hydrogen-bond donors (Lipinski definition) is 4. The lowest BCUT2D eigenvalue weighted by Gasteiger charge is -2.28. The predicted octanol–water partition coefficient (Wildman–Crippen LogP) is 6.20. The summed E-state index contributed by atoms with van der Waals surface area (Å²) in [5.41, 5.74) is 12.4. The molecule has 0 bridgehead atoms. The lowest BCUT2D eigenvalue weighted by molar-refractivity contribution is -0.307. The van der Waals surface area contributed by atoms with Crippen molar-refractivity contribution in [1.82, 2.24) is 5.32 Å². The molecule has 2 heterocycles. The Balaban J connectivity index is 1.28. The smallest absolute Gasteiger partial charge is 0.161 e. The SMILES string of the molecule is CCCCCC=CC(=O)CCc1ccc(O)c(OCCc2ccc(O)c(C(CC([O-])=C3C=CN=C3)c3ccc4c(c3)CCNC4N)c2)c1. The molecule has 2 atom stereocenters. The number of nitrogens with two attached hydrogens (primary N) is 1.